The molecule has 5 heteroatoms. The van der Waals surface area contributed by atoms with Crippen LogP contribution in [0.25, 0.3) is 0 Å². The van der Waals surface area contributed by atoms with Gasteiger partial charge in [0, 0.05) is 0 Å². The van der Waals surface area contributed by atoms with E-state index in [1.165, 1.54) is 27.4 Å². The third-order valence-electron chi connectivity index (χ3n) is 1.15. The van der Waals surface area contributed by atoms with Crippen LogP contribution in [-0.2, 0) is 14.3 Å². The molecule has 0 fully saturated rings. The summed E-state index contributed by atoms with van der Waals surface area (Å²) in [5, 5.41) is 8.45. The summed E-state index contributed by atoms with van der Waals surface area (Å²) in [5.41, 5.74) is -1.05. The molecule has 0 aliphatic heterocycles. The molecule has 0 aromatic rings. The number of hydrogen-bond donors (Lipinski definition) is 1. The van der Waals surface area contributed by atoms with E-state index in [1.54, 1.807) is 0 Å². The molecule has 0 rings (SSSR count). The van der Waals surface area contributed by atoms with E-state index < -0.39 is 17.7 Å². The van der Waals surface area contributed by atoms with Gasteiger partial charge in [-0.15, -0.1) is 0 Å². The molecule has 0 saturated heterocycles. The number of carboxylic acids is 1. The Morgan fingerprint density at radius 1 is 1.46 bits per heavy atom. The molecule has 0 aliphatic carbocycles. The molecule has 5 nitrogen and oxygen atoms in total. The summed E-state index contributed by atoms with van der Waals surface area (Å²) in [6, 6.07) is 0. The fraction of sp³-hybridized carbons (Fsp3) is 0.625. The first kappa shape index (κ1) is 11.7. The minimum absolute atomic E-state index is 0.258. The molecule has 0 amide bonds. The molecule has 0 saturated carbocycles. The normalized spacial score (nSPS) is 10.7. The van der Waals surface area contributed by atoms with Crippen LogP contribution in [0.3, 0.4) is 0 Å². The molecule has 1 radical (unpaired) electrons. The molecular weight excluding hydrogens is 176 g/mol. The lowest BCUT2D eigenvalue weighted by molar-refractivity contribution is -0.141. The van der Waals surface area contributed by atoms with Crippen LogP contribution < -0.4 is 0 Å². The Bertz CT molecular complexity index is 197. The molecule has 0 aliphatic rings. The maximum absolute atomic E-state index is 10.8. The number of carbonyl (C=O) groups excluding carboxylic acids is 1. The number of carboxylic acid groups (broad SMARTS) is 1. The van der Waals surface area contributed by atoms with Crippen molar-refractivity contribution >= 4 is 12.1 Å². The van der Waals surface area contributed by atoms with Crippen molar-refractivity contribution in [1.82, 2.24) is 0 Å². The molecule has 0 aromatic heterocycles. The van der Waals surface area contributed by atoms with Crippen LogP contribution in [0.4, 0.5) is 4.79 Å². The second-order valence-electron chi connectivity index (χ2n) is 3.04. The number of ether oxygens (including phenoxy) is 2. The maximum atomic E-state index is 10.8. The first-order valence-corrected chi connectivity index (χ1v) is 3.76. The smallest absolute Gasteiger partial charge is 0.481 e. The van der Waals surface area contributed by atoms with Gasteiger partial charge in [0.05, 0.1) is 6.42 Å². The second-order valence-corrected chi connectivity index (χ2v) is 3.04. The lowest BCUT2D eigenvalue weighted by Gasteiger charge is -2.21. The number of aliphatic carboxylic acids is 1. The summed E-state index contributed by atoms with van der Waals surface area (Å²) in [6.07, 6.45) is -1.15. The van der Waals surface area contributed by atoms with Crippen molar-refractivity contribution in [3.63, 3.8) is 0 Å². The first-order chi connectivity index (χ1) is 5.87. The predicted molar refractivity (Wildman–Crippen MR) is 43.9 cm³/mol. The highest BCUT2D eigenvalue weighted by atomic mass is 16.7. The van der Waals surface area contributed by atoms with E-state index in [0.717, 1.165) is 0 Å². The molecule has 13 heavy (non-hydrogen) atoms. The number of hydrogen-bond acceptors (Lipinski definition) is 4. The van der Waals surface area contributed by atoms with E-state index in [-0.39, 0.29) is 6.42 Å². The van der Waals surface area contributed by atoms with Crippen molar-refractivity contribution in [3.05, 3.63) is 6.61 Å². The molecule has 0 bridgehead atoms. The lowest BCUT2D eigenvalue weighted by Crippen LogP contribution is -2.30. The zero-order valence-electron chi connectivity index (χ0n) is 7.86. The summed E-state index contributed by atoms with van der Waals surface area (Å²) in [7, 11) is 0. The Morgan fingerprint density at radius 2 is 2.00 bits per heavy atom. The summed E-state index contributed by atoms with van der Waals surface area (Å²) >= 11 is 0. The van der Waals surface area contributed by atoms with Crippen LogP contribution in [0.1, 0.15) is 27.2 Å². The molecule has 1 N–H and O–H groups in total. The van der Waals surface area contributed by atoms with Gasteiger partial charge in [0.1, 0.15) is 12.2 Å². The van der Waals surface area contributed by atoms with E-state index >= 15 is 0 Å². The van der Waals surface area contributed by atoms with E-state index in [9.17, 15) is 9.59 Å². The molecule has 75 valence electrons. The van der Waals surface area contributed by atoms with E-state index in [0.29, 0.717) is 0 Å². The van der Waals surface area contributed by atoms with Crippen LogP contribution in [0.2, 0.25) is 0 Å². The van der Waals surface area contributed by atoms with Gasteiger partial charge in [-0.1, -0.05) is 0 Å². The molecular formula is C8H13O5. The van der Waals surface area contributed by atoms with Crippen LogP contribution in [0.15, 0.2) is 0 Å². The minimum Gasteiger partial charge on any atom is -0.481 e. The van der Waals surface area contributed by atoms with E-state index in [4.69, 9.17) is 9.84 Å². The van der Waals surface area contributed by atoms with Crippen LogP contribution >= 0.6 is 0 Å². The molecule has 0 unspecified atom stereocenters. The SMILES string of the molecule is C[CH]OC(=O)OC(C)(C)CC(=O)O. The molecule has 0 heterocycles. The van der Waals surface area contributed by atoms with Gasteiger partial charge in [0.2, 0.25) is 0 Å². The van der Waals surface area contributed by atoms with Gasteiger partial charge in [-0.25, -0.2) is 4.79 Å². The highest BCUT2D eigenvalue weighted by Gasteiger charge is 2.26. The average Bonchev–Trinajstić information content (AvgIpc) is 1.81. The Balaban J connectivity index is 4.00. The lowest BCUT2D eigenvalue weighted by atomic mass is 10.1. The highest BCUT2D eigenvalue weighted by molar-refractivity contribution is 5.69. The van der Waals surface area contributed by atoms with E-state index in [1.807, 2.05) is 0 Å². The fourth-order valence-electron chi connectivity index (χ4n) is 0.746. The van der Waals surface area contributed by atoms with Crippen molar-refractivity contribution in [1.29, 1.82) is 0 Å². The van der Waals surface area contributed by atoms with Crippen molar-refractivity contribution in [2.24, 2.45) is 0 Å². The quantitative estimate of drug-likeness (QED) is 0.679. The summed E-state index contributed by atoms with van der Waals surface area (Å²) in [4.78, 5) is 21.1. The van der Waals surface area contributed by atoms with Gasteiger partial charge in [-0.3, -0.25) is 4.79 Å². The zero-order valence-corrected chi connectivity index (χ0v) is 7.86. The van der Waals surface area contributed by atoms with Gasteiger partial charge >= 0.3 is 12.1 Å². The average molecular weight is 189 g/mol. The van der Waals surface area contributed by atoms with Gasteiger partial charge in [-0.05, 0) is 20.8 Å². The summed E-state index contributed by atoms with van der Waals surface area (Å²) in [6.45, 7) is 5.68. The van der Waals surface area contributed by atoms with Gasteiger partial charge in [-0.2, -0.15) is 0 Å². The molecule has 0 spiro atoms. The highest BCUT2D eigenvalue weighted by Crippen LogP contribution is 2.15. The second kappa shape index (κ2) is 4.69. The van der Waals surface area contributed by atoms with Gasteiger partial charge in [0.25, 0.3) is 0 Å². The zero-order chi connectivity index (χ0) is 10.5. The Kier molecular flexibility index (Phi) is 4.23. The van der Waals surface area contributed by atoms with Crippen molar-refractivity contribution in [2.45, 2.75) is 32.8 Å². The van der Waals surface area contributed by atoms with Crippen LogP contribution in [-0.4, -0.2) is 22.8 Å². The third kappa shape index (κ3) is 5.95. The topological polar surface area (TPSA) is 72.8 Å². The Morgan fingerprint density at radius 3 is 2.38 bits per heavy atom. The third-order valence-corrected chi connectivity index (χ3v) is 1.15. The molecule has 0 atom stereocenters. The predicted octanol–water partition coefficient (Wildman–Crippen LogP) is 1.57. The Labute approximate surface area is 76.6 Å². The minimum atomic E-state index is -1.05. The van der Waals surface area contributed by atoms with E-state index in [2.05, 4.69) is 4.74 Å². The summed E-state index contributed by atoms with van der Waals surface area (Å²) < 4.78 is 9.10. The van der Waals surface area contributed by atoms with Gasteiger partial charge < -0.3 is 14.6 Å². The standard InChI is InChI=1S/C8H13O5/c1-4-12-7(11)13-8(2,3)5-6(9)10/h4H,5H2,1-3H3,(H,9,10). The largest absolute Gasteiger partial charge is 0.509 e. The van der Waals surface area contributed by atoms with Crippen LogP contribution in [0, 0.1) is 6.61 Å². The summed E-state index contributed by atoms with van der Waals surface area (Å²) in [5.74, 6) is -1.03. The van der Waals surface area contributed by atoms with Crippen LogP contribution in [0.5, 0.6) is 0 Å². The van der Waals surface area contributed by atoms with Crippen molar-refractivity contribution < 1.29 is 24.2 Å². The van der Waals surface area contributed by atoms with Crippen molar-refractivity contribution in [3.8, 4) is 0 Å². The number of rotatable bonds is 4. The number of carbonyl (C=O) groups is 2. The first-order valence-electron chi connectivity index (χ1n) is 3.76. The monoisotopic (exact) mass is 189 g/mol. The fourth-order valence-corrected chi connectivity index (χ4v) is 0.746. The Hall–Kier alpha value is -1.26. The van der Waals surface area contributed by atoms with Gasteiger partial charge in [0.15, 0.2) is 0 Å². The molecule has 0 aromatic carbocycles. The maximum Gasteiger partial charge on any atom is 0.509 e. The van der Waals surface area contributed by atoms with Crippen molar-refractivity contribution in [2.75, 3.05) is 0 Å².